The number of phenols is 2. The molecule has 0 spiro atoms. The summed E-state index contributed by atoms with van der Waals surface area (Å²) in [5, 5.41) is 23.7. The number of rotatable bonds is 4. The van der Waals surface area contributed by atoms with E-state index in [1.165, 1.54) is 5.56 Å². The summed E-state index contributed by atoms with van der Waals surface area (Å²) in [5.74, 6) is 3.81. The SMILES string of the molecule is CC1Cc2ccc(O)cc2C=C1Oc1ccc2ccc(Oc3ccc4ccc(O)cc4c3)cc2c1. The monoisotopic (exact) mass is 460 g/mol. The summed E-state index contributed by atoms with van der Waals surface area (Å²) in [6.07, 6.45) is 2.89. The minimum atomic E-state index is 0.232. The molecule has 0 saturated carbocycles. The van der Waals surface area contributed by atoms with Gasteiger partial charge in [-0.3, -0.25) is 0 Å². The Morgan fingerprint density at radius 1 is 0.600 bits per heavy atom. The summed E-state index contributed by atoms with van der Waals surface area (Å²) in [6, 6.07) is 28.6. The van der Waals surface area contributed by atoms with E-state index in [0.717, 1.165) is 50.8 Å². The maximum atomic E-state index is 9.85. The number of fused-ring (bicyclic) bond motifs is 3. The molecule has 0 amide bonds. The van der Waals surface area contributed by atoms with Crippen LogP contribution in [0.15, 0.2) is 96.8 Å². The van der Waals surface area contributed by atoms with Crippen molar-refractivity contribution in [3.63, 3.8) is 0 Å². The molecule has 172 valence electrons. The zero-order chi connectivity index (χ0) is 23.9. The van der Waals surface area contributed by atoms with Crippen molar-refractivity contribution in [1.29, 1.82) is 0 Å². The first-order valence-corrected chi connectivity index (χ1v) is 11.7. The highest BCUT2D eigenvalue weighted by Crippen LogP contribution is 2.34. The third kappa shape index (κ3) is 4.26. The highest BCUT2D eigenvalue weighted by atomic mass is 16.5. The maximum absolute atomic E-state index is 9.85. The van der Waals surface area contributed by atoms with E-state index in [1.54, 1.807) is 24.3 Å². The van der Waals surface area contributed by atoms with Gasteiger partial charge in [0.1, 0.15) is 34.5 Å². The van der Waals surface area contributed by atoms with Gasteiger partial charge in [0.2, 0.25) is 0 Å². The number of hydrogen-bond donors (Lipinski definition) is 2. The molecule has 5 aromatic carbocycles. The van der Waals surface area contributed by atoms with E-state index in [0.29, 0.717) is 5.75 Å². The Balaban J connectivity index is 1.28. The van der Waals surface area contributed by atoms with Gasteiger partial charge in [-0.2, -0.15) is 0 Å². The second-order valence-electron chi connectivity index (χ2n) is 9.10. The molecule has 2 N–H and O–H groups in total. The quantitative estimate of drug-likeness (QED) is 0.287. The van der Waals surface area contributed by atoms with Crippen molar-refractivity contribution in [1.82, 2.24) is 0 Å². The zero-order valence-corrected chi connectivity index (χ0v) is 19.2. The standard InChI is InChI=1S/C31H24O4/c1-19-12-22-3-8-27(33)14-24(22)18-31(19)35-30-11-6-21-5-10-29(16-25(21)17-30)34-28-9-4-20-2-7-26(32)13-23(20)15-28/h2-11,13-19,32-33H,12H2,1H3. The molecule has 0 bridgehead atoms. The average Bonchev–Trinajstić information content (AvgIpc) is 2.84. The van der Waals surface area contributed by atoms with Crippen molar-refractivity contribution in [2.75, 3.05) is 0 Å². The molecular formula is C31H24O4. The number of allylic oxidation sites excluding steroid dienone is 1. The Morgan fingerprint density at radius 3 is 1.83 bits per heavy atom. The Hall–Kier alpha value is -4.44. The molecule has 0 radical (unpaired) electrons. The van der Waals surface area contributed by atoms with Gasteiger partial charge in [-0.1, -0.05) is 37.3 Å². The van der Waals surface area contributed by atoms with Crippen molar-refractivity contribution < 1.29 is 19.7 Å². The van der Waals surface area contributed by atoms with Crippen LogP contribution in [0.2, 0.25) is 0 Å². The van der Waals surface area contributed by atoms with Crippen LogP contribution in [-0.4, -0.2) is 10.2 Å². The average molecular weight is 461 g/mol. The van der Waals surface area contributed by atoms with Gasteiger partial charge in [0.15, 0.2) is 0 Å². The molecule has 1 aliphatic rings. The lowest BCUT2D eigenvalue weighted by atomic mass is 9.89. The Kier molecular flexibility index (Phi) is 5.07. The maximum Gasteiger partial charge on any atom is 0.128 e. The molecule has 0 saturated heterocycles. The molecule has 4 heteroatoms. The lowest BCUT2D eigenvalue weighted by Crippen LogP contribution is -2.14. The number of phenolic OH excluding ortho intramolecular Hbond substituents is 2. The van der Waals surface area contributed by atoms with E-state index in [1.807, 2.05) is 72.8 Å². The summed E-state index contributed by atoms with van der Waals surface area (Å²) in [6.45, 7) is 2.15. The van der Waals surface area contributed by atoms with Gasteiger partial charge in [0.05, 0.1) is 0 Å². The highest BCUT2D eigenvalue weighted by Gasteiger charge is 2.20. The molecule has 0 aromatic heterocycles. The van der Waals surface area contributed by atoms with Crippen molar-refractivity contribution in [2.24, 2.45) is 5.92 Å². The zero-order valence-electron chi connectivity index (χ0n) is 19.2. The first-order chi connectivity index (χ1) is 17.0. The first-order valence-electron chi connectivity index (χ1n) is 11.7. The molecule has 35 heavy (non-hydrogen) atoms. The second-order valence-corrected chi connectivity index (χ2v) is 9.10. The summed E-state index contributed by atoms with van der Waals surface area (Å²) in [4.78, 5) is 0. The van der Waals surface area contributed by atoms with E-state index >= 15 is 0 Å². The van der Waals surface area contributed by atoms with Crippen LogP contribution < -0.4 is 9.47 Å². The molecular weight excluding hydrogens is 436 g/mol. The van der Waals surface area contributed by atoms with E-state index < -0.39 is 0 Å². The van der Waals surface area contributed by atoms with Gasteiger partial charge < -0.3 is 19.7 Å². The lowest BCUT2D eigenvalue weighted by molar-refractivity contribution is 0.358. The van der Waals surface area contributed by atoms with Gasteiger partial charge in [0.25, 0.3) is 0 Å². The number of aromatic hydroxyl groups is 2. The fraction of sp³-hybridized carbons (Fsp3) is 0.0968. The van der Waals surface area contributed by atoms with Crippen molar-refractivity contribution in [3.05, 3.63) is 108 Å². The van der Waals surface area contributed by atoms with E-state index in [2.05, 4.69) is 6.92 Å². The summed E-state index contributed by atoms with van der Waals surface area (Å²) >= 11 is 0. The van der Waals surface area contributed by atoms with Gasteiger partial charge in [0, 0.05) is 5.92 Å². The Labute approximate surface area is 203 Å². The predicted molar refractivity (Wildman–Crippen MR) is 139 cm³/mol. The van der Waals surface area contributed by atoms with E-state index in [-0.39, 0.29) is 17.4 Å². The van der Waals surface area contributed by atoms with Crippen LogP contribution in [0.1, 0.15) is 18.1 Å². The first kappa shape index (κ1) is 21.1. The van der Waals surface area contributed by atoms with Gasteiger partial charge in [-0.05, 0) is 106 Å². The van der Waals surface area contributed by atoms with Gasteiger partial charge >= 0.3 is 0 Å². The molecule has 1 atom stereocenters. The van der Waals surface area contributed by atoms with Gasteiger partial charge in [-0.15, -0.1) is 0 Å². The third-order valence-corrected chi connectivity index (χ3v) is 6.49. The minimum absolute atomic E-state index is 0.232. The molecule has 5 aromatic rings. The third-order valence-electron chi connectivity index (χ3n) is 6.49. The predicted octanol–water partition coefficient (Wildman–Crippen LogP) is 7.81. The molecule has 1 unspecified atom stereocenters. The summed E-state index contributed by atoms with van der Waals surface area (Å²) < 4.78 is 12.4. The fourth-order valence-electron chi connectivity index (χ4n) is 4.64. The van der Waals surface area contributed by atoms with Crippen LogP contribution in [-0.2, 0) is 6.42 Å². The summed E-state index contributed by atoms with van der Waals surface area (Å²) in [7, 11) is 0. The minimum Gasteiger partial charge on any atom is -0.508 e. The number of ether oxygens (including phenoxy) is 2. The fourth-order valence-corrected chi connectivity index (χ4v) is 4.64. The van der Waals surface area contributed by atoms with Crippen LogP contribution in [0.5, 0.6) is 28.7 Å². The molecule has 0 heterocycles. The van der Waals surface area contributed by atoms with Crippen molar-refractivity contribution in [2.45, 2.75) is 13.3 Å². The normalized spacial score (nSPS) is 15.0. The van der Waals surface area contributed by atoms with Crippen molar-refractivity contribution >= 4 is 27.6 Å². The molecule has 0 fully saturated rings. The largest absolute Gasteiger partial charge is 0.508 e. The highest BCUT2D eigenvalue weighted by molar-refractivity contribution is 5.86. The molecule has 6 rings (SSSR count). The van der Waals surface area contributed by atoms with Crippen LogP contribution in [0.25, 0.3) is 27.6 Å². The van der Waals surface area contributed by atoms with E-state index in [9.17, 15) is 10.2 Å². The molecule has 0 aliphatic heterocycles. The molecule has 4 nitrogen and oxygen atoms in total. The number of benzene rings is 5. The lowest BCUT2D eigenvalue weighted by Gasteiger charge is -2.23. The van der Waals surface area contributed by atoms with Crippen molar-refractivity contribution in [3.8, 4) is 28.7 Å². The topological polar surface area (TPSA) is 58.9 Å². The summed E-state index contributed by atoms with van der Waals surface area (Å²) in [5.41, 5.74) is 2.21. The van der Waals surface area contributed by atoms with Gasteiger partial charge in [-0.25, -0.2) is 0 Å². The van der Waals surface area contributed by atoms with Crippen LogP contribution >= 0.6 is 0 Å². The van der Waals surface area contributed by atoms with Crippen LogP contribution in [0, 0.1) is 5.92 Å². The second kappa shape index (κ2) is 8.41. The molecule has 1 aliphatic carbocycles. The smallest absolute Gasteiger partial charge is 0.128 e. The Bertz CT molecular complexity index is 1620. The number of hydrogen-bond acceptors (Lipinski definition) is 4. The van der Waals surface area contributed by atoms with E-state index in [4.69, 9.17) is 9.47 Å². The van der Waals surface area contributed by atoms with Crippen LogP contribution in [0.3, 0.4) is 0 Å². The Morgan fingerprint density at radius 2 is 1.14 bits per heavy atom. The van der Waals surface area contributed by atoms with Crippen LogP contribution in [0.4, 0.5) is 0 Å².